The molecule has 0 aliphatic carbocycles. The molecule has 7 nitrogen and oxygen atoms in total. The van der Waals surface area contributed by atoms with Gasteiger partial charge in [0.2, 0.25) is 0 Å². The maximum atomic E-state index is 12.9. The standard InChI is InChI=1S/C18H11BrCl2N2O5/c1-28-14-6-8(10(19)7-13(14)24)5-9-16(25)22-18(27)23(17(9)26)12-4-2-3-11(20)15(12)21/h2-7,24H,1H3,(H,22,25,27)/b9-5+. The average Bonchev–Trinajstić information content (AvgIpc) is 2.63. The second kappa shape index (κ2) is 7.83. The topological polar surface area (TPSA) is 95.9 Å². The van der Waals surface area contributed by atoms with Crippen molar-refractivity contribution in [1.29, 1.82) is 0 Å². The number of nitrogens with one attached hydrogen (secondary N) is 1. The highest BCUT2D eigenvalue weighted by atomic mass is 79.9. The molecule has 4 amide bonds. The number of anilines is 1. The van der Waals surface area contributed by atoms with Crippen molar-refractivity contribution in [1.82, 2.24) is 5.32 Å². The summed E-state index contributed by atoms with van der Waals surface area (Å²) in [5, 5.41) is 12.0. The van der Waals surface area contributed by atoms with Crippen LogP contribution in [-0.4, -0.2) is 30.1 Å². The Morgan fingerprint density at radius 3 is 2.61 bits per heavy atom. The molecule has 0 radical (unpaired) electrons. The number of aromatic hydroxyl groups is 1. The zero-order chi connectivity index (χ0) is 20.6. The zero-order valence-electron chi connectivity index (χ0n) is 14.1. The van der Waals surface area contributed by atoms with Crippen LogP contribution in [0.5, 0.6) is 11.5 Å². The quantitative estimate of drug-likeness (QED) is 0.503. The highest BCUT2D eigenvalue weighted by Crippen LogP contribution is 2.36. The highest BCUT2D eigenvalue weighted by Gasteiger charge is 2.38. The van der Waals surface area contributed by atoms with Crippen molar-refractivity contribution < 1.29 is 24.2 Å². The zero-order valence-corrected chi connectivity index (χ0v) is 17.2. The summed E-state index contributed by atoms with van der Waals surface area (Å²) in [6.45, 7) is 0. The number of rotatable bonds is 3. The normalized spacial score (nSPS) is 15.8. The molecule has 10 heteroatoms. The summed E-state index contributed by atoms with van der Waals surface area (Å²) < 4.78 is 5.44. The summed E-state index contributed by atoms with van der Waals surface area (Å²) in [4.78, 5) is 38.2. The SMILES string of the molecule is COc1cc(/C=C2\C(=O)NC(=O)N(c3cccc(Cl)c3Cl)C2=O)c(Br)cc1O. The van der Waals surface area contributed by atoms with Crippen LogP contribution in [0.2, 0.25) is 10.0 Å². The van der Waals surface area contributed by atoms with Gasteiger partial charge in [-0.15, -0.1) is 0 Å². The van der Waals surface area contributed by atoms with Crippen molar-refractivity contribution >= 4 is 68.7 Å². The number of phenolic OH excluding ortho intramolecular Hbond substituents is 1. The molecule has 1 saturated heterocycles. The molecule has 0 spiro atoms. The summed E-state index contributed by atoms with van der Waals surface area (Å²) in [5.74, 6) is -1.73. The molecular formula is C18H11BrCl2N2O5. The number of halogens is 3. The van der Waals surface area contributed by atoms with Crippen LogP contribution in [0, 0.1) is 0 Å². The van der Waals surface area contributed by atoms with E-state index < -0.39 is 17.8 Å². The number of amides is 4. The number of nitrogens with zero attached hydrogens (tertiary/aromatic N) is 1. The molecule has 3 rings (SSSR count). The summed E-state index contributed by atoms with van der Waals surface area (Å²) in [6, 6.07) is 6.29. The number of benzene rings is 2. The van der Waals surface area contributed by atoms with Gasteiger partial charge in [-0.25, -0.2) is 9.69 Å². The largest absolute Gasteiger partial charge is 0.504 e. The van der Waals surface area contributed by atoms with E-state index >= 15 is 0 Å². The van der Waals surface area contributed by atoms with E-state index in [0.717, 1.165) is 4.90 Å². The Hall–Kier alpha value is -2.55. The molecule has 2 N–H and O–H groups in total. The number of methoxy groups -OCH3 is 1. The lowest BCUT2D eigenvalue weighted by molar-refractivity contribution is -0.122. The monoisotopic (exact) mass is 484 g/mol. The number of carbonyl (C=O) groups is 3. The second-order valence-electron chi connectivity index (χ2n) is 5.58. The van der Waals surface area contributed by atoms with Gasteiger partial charge in [0.15, 0.2) is 11.5 Å². The Morgan fingerprint density at radius 2 is 1.93 bits per heavy atom. The fourth-order valence-corrected chi connectivity index (χ4v) is 3.36. The van der Waals surface area contributed by atoms with Gasteiger partial charge in [-0.05, 0) is 35.9 Å². The van der Waals surface area contributed by atoms with Crippen molar-refractivity contribution in [2.24, 2.45) is 0 Å². The van der Waals surface area contributed by atoms with Gasteiger partial charge < -0.3 is 9.84 Å². The van der Waals surface area contributed by atoms with E-state index in [9.17, 15) is 19.5 Å². The average molecular weight is 486 g/mol. The second-order valence-corrected chi connectivity index (χ2v) is 7.22. The fraction of sp³-hybridized carbons (Fsp3) is 0.0556. The Bertz CT molecular complexity index is 1050. The third-order valence-electron chi connectivity index (χ3n) is 3.87. The molecule has 0 unspecified atom stereocenters. The third-order valence-corrected chi connectivity index (χ3v) is 5.37. The smallest absolute Gasteiger partial charge is 0.336 e. The minimum Gasteiger partial charge on any atom is -0.504 e. The molecule has 2 aromatic carbocycles. The molecule has 0 saturated carbocycles. The van der Waals surface area contributed by atoms with Crippen LogP contribution in [-0.2, 0) is 9.59 Å². The van der Waals surface area contributed by atoms with Crippen LogP contribution in [0.1, 0.15) is 5.56 Å². The Labute approximate surface area is 177 Å². The number of hydrogen-bond donors (Lipinski definition) is 2. The van der Waals surface area contributed by atoms with Crippen LogP contribution < -0.4 is 15.0 Å². The third kappa shape index (κ3) is 3.58. The van der Waals surface area contributed by atoms with Gasteiger partial charge in [0, 0.05) is 4.47 Å². The minimum atomic E-state index is -0.946. The molecule has 1 aliphatic heterocycles. The first kappa shape index (κ1) is 20.2. The first-order chi connectivity index (χ1) is 13.2. The van der Waals surface area contributed by atoms with E-state index in [1.165, 1.54) is 43.5 Å². The molecule has 0 atom stereocenters. The van der Waals surface area contributed by atoms with Gasteiger partial charge in [-0.2, -0.15) is 0 Å². The summed E-state index contributed by atoms with van der Waals surface area (Å²) >= 11 is 15.3. The molecule has 1 heterocycles. The number of urea groups is 1. The van der Waals surface area contributed by atoms with Gasteiger partial charge in [-0.1, -0.05) is 45.2 Å². The van der Waals surface area contributed by atoms with Crippen molar-refractivity contribution in [3.63, 3.8) is 0 Å². The van der Waals surface area contributed by atoms with Crippen LogP contribution in [0.15, 0.2) is 40.4 Å². The van der Waals surface area contributed by atoms with E-state index in [1.54, 1.807) is 0 Å². The molecule has 0 aromatic heterocycles. The van der Waals surface area contributed by atoms with Gasteiger partial charge in [-0.3, -0.25) is 14.9 Å². The van der Waals surface area contributed by atoms with Crippen LogP contribution in [0.4, 0.5) is 10.5 Å². The molecule has 28 heavy (non-hydrogen) atoms. The number of carbonyl (C=O) groups excluding carboxylic acids is 3. The fourth-order valence-electron chi connectivity index (χ4n) is 2.53. The predicted molar refractivity (Wildman–Crippen MR) is 108 cm³/mol. The van der Waals surface area contributed by atoms with E-state index in [1.807, 2.05) is 0 Å². The van der Waals surface area contributed by atoms with E-state index in [2.05, 4.69) is 21.2 Å². The Kier molecular flexibility index (Phi) is 5.64. The van der Waals surface area contributed by atoms with E-state index in [-0.39, 0.29) is 32.8 Å². The van der Waals surface area contributed by atoms with E-state index in [4.69, 9.17) is 27.9 Å². The molecule has 144 valence electrons. The van der Waals surface area contributed by atoms with Crippen molar-refractivity contribution in [3.8, 4) is 11.5 Å². The maximum absolute atomic E-state index is 12.9. The van der Waals surface area contributed by atoms with Crippen LogP contribution >= 0.6 is 39.1 Å². The van der Waals surface area contributed by atoms with Crippen molar-refractivity contribution in [2.45, 2.75) is 0 Å². The number of ether oxygens (including phenoxy) is 1. The van der Waals surface area contributed by atoms with E-state index in [0.29, 0.717) is 10.0 Å². The molecule has 1 aliphatic rings. The van der Waals surface area contributed by atoms with Crippen LogP contribution in [0.3, 0.4) is 0 Å². The molecule has 2 aromatic rings. The number of hydrogen-bond acceptors (Lipinski definition) is 5. The van der Waals surface area contributed by atoms with Gasteiger partial charge in [0.05, 0.1) is 22.8 Å². The summed E-state index contributed by atoms with van der Waals surface area (Å²) in [6.07, 6.45) is 1.27. The van der Waals surface area contributed by atoms with Crippen molar-refractivity contribution in [3.05, 3.63) is 56.0 Å². The minimum absolute atomic E-state index is 0.00570. The first-order valence-corrected chi connectivity index (χ1v) is 9.21. The first-order valence-electron chi connectivity index (χ1n) is 7.66. The van der Waals surface area contributed by atoms with Gasteiger partial charge in [0.1, 0.15) is 5.57 Å². The lowest BCUT2D eigenvalue weighted by atomic mass is 10.1. The van der Waals surface area contributed by atoms with Gasteiger partial charge in [0.25, 0.3) is 11.8 Å². The Balaban J connectivity index is 2.11. The number of phenols is 1. The molecule has 0 bridgehead atoms. The predicted octanol–water partition coefficient (Wildman–Crippen LogP) is 4.14. The summed E-state index contributed by atoms with van der Waals surface area (Å²) in [5.41, 5.74) is 0.0983. The van der Waals surface area contributed by atoms with Crippen LogP contribution in [0.25, 0.3) is 6.08 Å². The number of barbiturate groups is 1. The highest BCUT2D eigenvalue weighted by molar-refractivity contribution is 9.10. The summed E-state index contributed by atoms with van der Waals surface area (Å²) in [7, 11) is 1.36. The Morgan fingerprint density at radius 1 is 1.21 bits per heavy atom. The lowest BCUT2D eigenvalue weighted by Gasteiger charge is -2.27. The van der Waals surface area contributed by atoms with Crippen molar-refractivity contribution in [2.75, 3.05) is 12.0 Å². The molecule has 1 fully saturated rings. The van der Waals surface area contributed by atoms with Gasteiger partial charge >= 0.3 is 6.03 Å². The lowest BCUT2D eigenvalue weighted by Crippen LogP contribution is -2.54. The molecular weight excluding hydrogens is 475 g/mol. The maximum Gasteiger partial charge on any atom is 0.336 e. The number of imide groups is 2.